The van der Waals surface area contributed by atoms with Gasteiger partial charge in [-0.15, -0.1) is 11.6 Å². The molecule has 4 rings (SSSR count). The van der Waals surface area contributed by atoms with Crippen LogP contribution in [0.1, 0.15) is 79.4 Å². The van der Waals surface area contributed by atoms with E-state index in [1.807, 2.05) is 30.3 Å². The molecule has 8 atom stereocenters. The maximum Gasteiger partial charge on any atom is 0.329 e. The first-order valence-corrected chi connectivity index (χ1v) is 16.7. The molecule has 0 spiro atoms. The topological polar surface area (TPSA) is 177 Å². The maximum absolute atomic E-state index is 14.2. The van der Waals surface area contributed by atoms with E-state index in [0.717, 1.165) is 18.4 Å². The molecule has 1 heterocycles. The van der Waals surface area contributed by atoms with Gasteiger partial charge in [0.05, 0.1) is 6.04 Å². The largest absolute Gasteiger partial charge is 0.456 e. The molecule has 2 saturated carbocycles. The van der Waals surface area contributed by atoms with Crippen molar-refractivity contribution in [2.75, 3.05) is 6.54 Å². The van der Waals surface area contributed by atoms with Crippen LogP contribution < -0.4 is 21.7 Å². The summed E-state index contributed by atoms with van der Waals surface area (Å²) in [4.78, 5) is 80.3. The molecule has 3 fully saturated rings. The van der Waals surface area contributed by atoms with Crippen LogP contribution in [0.2, 0.25) is 0 Å². The van der Waals surface area contributed by atoms with Gasteiger partial charge in [-0.25, -0.2) is 9.59 Å². The Bertz CT molecular complexity index is 1390. The number of likely N-dealkylation sites (tertiary alicyclic amines) is 1. The third-order valence-corrected chi connectivity index (χ3v) is 9.87. The number of nitrogens with zero attached hydrogens (tertiary/aromatic N) is 1. The summed E-state index contributed by atoms with van der Waals surface area (Å²) in [5.41, 5.74) is 4.52. The highest BCUT2D eigenvalue weighted by Gasteiger charge is 2.65. The first-order valence-electron chi connectivity index (χ1n) is 16.2. The van der Waals surface area contributed by atoms with Crippen LogP contribution in [0.25, 0.3) is 0 Å². The highest BCUT2D eigenvalue weighted by atomic mass is 35.5. The van der Waals surface area contributed by atoms with Crippen LogP contribution in [-0.4, -0.2) is 76.5 Å². The summed E-state index contributed by atoms with van der Waals surface area (Å²) in [6.45, 7) is 12.7. The van der Waals surface area contributed by atoms with Crippen molar-refractivity contribution in [2.24, 2.45) is 34.3 Å². The van der Waals surface area contributed by atoms with Crippen molar-refractivity contribution >= 4 is 47.1 Å². The normalized spacial score (nSPS) is 24.6. The predicted octanol–water partition coefficient (Wildman–Crippen LogP) is 2.82. The third kappa shape index (κ3) is 8.63. The van der Waals surface area contributed by atoms with Crippen molar-refractivity contribution in [3.63, 3.8) is 0 Å². The Morgan fingerprint density at radius 3 is 2.04 bits per heavy atom. The van der Waals surface area contributed by atoms with Gasteiger partial charge >= 0.3 is 12.0 Å². The van der Waals surface area contributed by atoms with Crippen molar-refractivity contribution in [3.8, 4) is 0 Å². The summed E-state index contributed by atoms with van der Waals surface area (Å²) in [6, 6.07) is 4.25. The minimum Gasteiger partial charge on any atom is -0.456 e. The molecule has 1 aromatic rings. The van der Waals surface area contributed by atoms with Gasteiger partial charge in [-0.1, -0.05) is 84.7 Å². The minimum absolute atomic E-state index is 0.133. The number of piperidine rings is 1. The molecule has 5 amide bonds. The van der Waals surface area contributed by atoms with E-state index in [1.165, 1.54) is 4.90 Å². The Labute approximate surface area is 281 Å². The third-order valence-electron chi connectivity index (χ3n) is 9.26. The number of alkyl halides is 1. The highest BCUT2D eigenvalue weighted by Crippen LogP contribution is 2.54. The number of carbonyl (C=O) groups excluding carboxylic acids is 6. The van der Waals surface area contributed by atoms with Crippen LogP contribution in [0.15, 0.2) is 30.3 Å². The lowest BCUT2D eigenvalue weighted by Gasteiger charge is -2.37. The van der Waals surface area contributed by atoms with E-state index < -0.39 is 76.6 Å². The Morgan fingerprint density at radius 1 is 0.936 bits per heavy atom. The lowest BCUT2D eigenvalue weighted by molar-refractivity contribution is -0.153. The first-order chi connectivity index (χ1) is 21.8. The number of halogens is 1. The van der Waals surface area contributed by atoms with Crippen LogP contribution >= 0.6 is 11.6 Å². The molecule has 12 nitrogen and oxygen atoms in total. The summed E-state index contributed by atoms with van der Waals surface area (Å²) in [7, 11) is 0. The van der Waals surface area contributed by atoms with Crippen molar-refractivity contribution in [1.29, 1.82) is 0 Å². The van der Waals surface area contributed by atoms with Gasteiger partial charge in [-0.05, 0) is 41.6 Å². The second-order valence-corrected chi connectivity index (χ2v) is 15.8. The molecule has 2 unspecified atom stereocenters. The zero-order valence-electron chi connectivity index (χ0n) is 28.2. The average Bonchev–Trinajstić information content (AvgIpc) is 3.87. The summed E-state index contributed by atoms with van der Waals surface area (Å²) in [5, 5.41) is 7.83. The van der Waals surface area contributed by atoms with Crippen LogP contribution in [0.5, 0.6) is 0 Å². The van der Waals surface area contributed by atoms with Gasteiger partial charge in [0.25, 0.3) is 5.91 Å². The van der Waals surface area contributed by atoms with Gasteiger partial charge in [-0.3, -0.25) is 19.2 Å². The van der Waals surface area contributed by atoms with Crippen LogP contribution in [0.4, 0.5) is 4.79 Å². The van der Waals surface area contributed by atoms with Gasteiger partial charge in [-0.2, -0.15) is 0 Å². The number of rotatable bonds is 12. The number of Topliss-reactive ketones (excluding diaryl/α,β-unsaturated/α-hetero) is 1. The molecular weight excluding hydrogens is 626 g/mol. The van der Waals surface area contributed by atoms with Crippen molar-refractivity contribution in [1.82, 2.24) is 20.9 Å². The monoisotopic (exact) mass is 673 g/mol. The van der Waals surface area contributed by atoms with Gasteiger partial charge < -0.3 is 31.3 Å². The number of ether oxygens (including phenoxy) is 1. The van der Waals surface area contributed by atoms with E-state index in [1.54, 1.807) is 48.5 Å². The average molecular weight is 674 g/mol. The summed E-state index contributed by atoms with van der Waals surface area (Å²) >= 11 is 6.48. The molecule has 47 heavy (non-hydrogen) atoms. The number of carbonyl (C=O) groups is 6. The summed E-state index contributed by atoms with van der Waals surface area (Å²) in [6.07, 6.45) is 1.52. The Morgan fingerprint density at radius 2 is 1.51 bits per heavy atom. The zero-order valence-corrected chi connectivity index (χ0v) is 28.9. The lowest BCUT2D eigenvalue weighted by Crippen LogP contribution is -2.62. The molecule has 1 saturated heterocycles. The molecular formula is C34H48ClN5O7. The smallest absolute Gasteiger partial charge is 0.329 e. The van der Waals surface area contributed by atoms with E-state index in [9.17, 15) is 28.8 Å². The molecule has 2 aliphatic carbocycles. The zero-order chi connectivity index (χ0) is 35.0. The molecule has 1 aromatic carbocycles. The van der Waals surface area contributed by atoms with Gasteiger partial charge in [0.15, 0.2) is 0 Å². The van der Waals surface area contributed by atoms with E-state index >= 15 is 0 Å². The number of primary amides is 1. The second kappa shape index (κ2) is 13.8. The number of ketones is 1. The quantitative estimate of drug-likeness (QED) is 0.150. The number of nitrogens with one attached hydrogen (secondary N) is 3. The van der Waals surface area contributed by atoms with E-state index in [4.69, 9.17) is 22.1 Å². The standard InChI is InChI=1S/C34H48ClN5O7/c1-17(19-11-9-8-10-12-19)47-31(45)27(34(5,6)7)39-32(46)38-26(33(2,3)4)30(44)40-16-20-22(23(20)35)24(40)29(43)37-21(15-18-13-14-18)25(41)28(36)42/h8-12,17-18,20-24,26-27H,13-16H2,1-7H3,(H2,36,42)(H,37,43)(H2,38,39,46)/t17-,20-,21?,22+,23?,24-,26+,27+/m0/s1. The fourth-order valence-electron chi connectivity index (χ4n) is 6.21. The summed E-state index contributed by atoms with van der Waals surface area (Å²) in [5.74, 6) is -4.00. The number of benzene rings is 1. The number of hydrogen-bond acceptors (Lipinski definition) is 7. The lowest BCUT2D eigenvalue weighted by atomic mass is 9.85. The number of fused-ring (bicyclic) bond motifs is 1. The van der Waals surface area contributed by atoms with Crippen LogP contribution in [0, 0.1) is 28.6 Å². The summed E-state index contributed by atoms with van der Waals surface area (Å²) < 4.78 is 5.72. The van der Waals surface area contributed by atoms with Gasteiger partial charge in [0.2, 0.25) is 17.6 Å². The number of amides is 5. The Balaban J connectivity index is 1.49. The number of esters is 1. The number of hydrogen-bond donors (Lipinski definition) is 4. The van der Waals surface area contributed by atoms with Crippen molar-refractivity contribution in [2.45, 2.75) is 103 Å². The SMILES string of the molecule is C[C@H](OC(=O)[C@@H](NC(=O)N[C@H](C(=O)N1C[C@@H]2C(Cl)[C@@H]2[C@H]1C(=O)NC(CC1CC1)C(=O)C(N)=O)C(C)(C)C)C(C)(C)C)c1ccccc1. The van der Waals surface area contributed by atoms with Gasteiger partial charge in [0, 0.05) is 17.8 Å². The molecule has 0 aromatic heterocycles. The predicted molar refractivity (Wildman–Crippen MR) is 175 cm³/mol. The molecule has 13 heteroatoms. The molecule has 258 valence electrons. The van der Waals surface area contributed by atoms with E-state index in [2.05, 4.69) is 16.0 Å². The molecule has 1 aliphatic heterocycles. The van der Waals surface area contributed by atoms with Crippen LogP contribution in [0.3, 0.4) is 0 Å². The first kappa shape index (κ1) is 36.2. The molecule has 0 radical (unpaired) electrons. The minimum atomic E-state index is -1.13. The second-order valence-electron chi connectivity index (χ2n) is 15.3. The number of urea groups is 1. The Kier molecular flexibility index (Phi) is 10.6. The Hall–Kier alpha value is -3.67. The highest BCUT2D eigenvalue weighted by molar-refractivity contribution is 6.37. The van der Waals surface area contributed by atoms with E-state index in [0.29, 0.717) is 6.42 Å². The van der Waals surface area contributed by atoms with Crippen molar-refractivity contribution < 1.29 is 33.5 Å². The van der Waals surface area contributed by atoms with Gasteiger partial charge in [0.1, 0.15) is 24.2 Å². The molecule has 5 N–H and O–H groups in total. The van der Waals surface area contributed by atoms with Crippen molar-refractivity contribution in [3.05, 3.63) is 35.9 Å². The maximum atomic E-state index is 14.2. The fraction of sp³-hybridized carbons (Fsp3) is 0.647. The molecule has 3 aliphatic rings. The van der Waals surface area contributed by atoms with Crippen LogP contribution in [-0.2, 0) is 28.7 Å². The molecule has 0 bridgehead atoms. The number of nitrogens with two attached hydrogens (primary N) is 1. The van der Waals surface area contributed by atoms with E-state index in [-0.39, 0.29) is 29.7 Å². The fourth-order valence-corrected chi connectivity index (χ4v) is 6.70.